The number of nitrogens with one attached hydrogen (secondary N) is 1. The molecule has 142 valence electrons. The Labute approximate surface area is 156 Å². The van der Waals surface area contributed by atoms with Crippen molar-refractivity contribution in [1.29, 1.82) is 0 Å². The number of imide groups is 1. The Bertz CT molecular complexity index is 1180. The van der Waals surface area contributed by atoms with Gasteiger partial charge in [-0.15, -0.1) is 0 Å². The summed E-state index contributed by atoms with van der Waals surface area (Å²) in [5.41, 5.74) is -1.83. The predicted molar refractivity (Wildman–Crippen MR) is 95.9 cm³/mol. The maximum Gasteiger partial charge on any atom is 0.349 e. The van der Waals surface area contributed by atoms with E-state index in [4.69, 9.17) is 14.3 Å². The van der Waals surface area contributed by atoms with Crippen molar-refractivity contribution in [3.05, 3.63) is 69.6 Å². The SMILES string of the molecule is COc1ccc2cc(C(=O)NC(=O)c3ccc(O)c(C(=O)O)c3)c(=O)oc2c1. The van der Waals surface area contributed by atoms with Crippen LogP contribution in [0.4, 0.5) is 0 Å². The van der Waals surface area contributed by atoms with Crippen LogP contribution in [0.25, 0.3) is 11.0 Å². The van der Waals surface area contributed by atoms with E-state index < -0.39 is 40.3 Å². The van der Waals surface area contributed by atoms with Crippen molar-refractivity contribution < 1.29 is 33.8 Å². The van der Waals surface area contributed by atoms with Crippen LogP contribution in [-0.2, 0) is 0 Å². The molecule has 9 nitrogen and oxygen atoms in total. The van der Waals surface area contributed by atoms with Crippen LogP contribution in [0.3, 0.4) is 0 Å². The van der Waals surface area contributed by atoms with E-state index in [-0.39, 0.29) is 11.1 Å². The van der Waals surface area contributed by atoms with Crippen molar-refractivity contribution in [3.8, 4) is 11.5 Å². The van der Waals surface area contributed by atoms with Gasteiger partial charge in [0.15, 0.2) is 0 Å². The van der Waals surface area contributed by atoms with Crippen LogP contribution >= 0.6 is 0 Å². The summed E-state index contributed by atoms with van der Waals surface area (Å²) in [7, 11) is 1.45. The standard InChI is InChI=1S/C19H13NO8/c1-27-11-4-2-9-6-13(19(26)28-15(9)8-11)17(23)20-16(22)10-3-5-14(21)12(7-10)18(24)25/h2-8,21H,1H3,(H,24,25)(H,20,22,23). The largest absolute Gasteiger partial charge is 0.507 e. The van der Waals surface area contributed by atoms with Gasteiger partial charge in [0.2, 0.25) is 0 Å². The van der Waals surface area contributed by atoms with Crippen LogP contribution in [0.1, 0.15) is 31.1 Å². The van der Waals surface area contributed by atoms with Gasteiger partial charge in [-0.2, -0.15) is 0 Å². The van der Waals surface area contributed by atoms with Crippen molar-refractivity contribution in [2.75, 3.05) is 7.11 Å². The summed E-state index contributed by atoms with van der Waals surface area (Å²) >= 11 is 0. The number of amides is 2. The number of carbonyl (C=O) groups is 3. The second-order valence-electron chi connectivity index (χ2n) is 5.67. The van der Waals surface area contributed by atoms with Crippen molar-refractivity contribution >= 4 is 28.8 Å². The van der Waals surface area contributed by atoms with Gasteiger partial charge in [0, 0.05) is 17.0 Å². The normalized spacial score (nSPS) is 10.5. The van der Waals surface area contributed by atoms with E-state index in [9.17, 15) is 24.3 Å². The van der Waals surface area contributed by atoms with Gasteiger partial charge in [-0.3, -0.25) is 14.9 Å². The van der Waals surface area contributed by atoms with Crippen molar-refractivity contribution in [2.24, 2.45) is 0 Å². The van der Waals surface area contributed by atoms with Gasteiger partial charge in [0.05, 0.1) is 7.11 Å². The molecule has 1 aromatic heterocycles. The minimum atomic E-state index is -1.44. The highest BCUT2D eigenvalue weighted by Crippen LogP contribution is 2.21. The maximum atomic E-state index is 12.3. The average Bonchev–Trinajstić information content (AvgIpc) is 2.66. The van der Waals surface area contributed by atoms with Crippen LogP contribution < -0.4 is 15.7 Å². The lowest BCUT2D eigenvalue weighted by molar-refractivity contribution is 0.0693. The zero-order valence-electron chi connectivity index (χ0n) is 14.4. The van der Waals surface area contributed by atoms with Crippen LogP contribution in [0.5, 0.6) is 11.5 Å². The smallest absolute Gasteiger partial charge is 0.349 e. The molecule has 0 saturated carbocycles. The van der Waals surface area contributed by atoms with E-state index in [2.05, 4.69) is 0 Å². The molecule has 0 atom stereocenters. The van der Waals surface area contributed by atoms with Crippen molar-refractivity contribution in [3.63, 3.8) is 0 Å². The van der Waals surface area contributed by atoms with Gasteiger partial charge >= 0.3 is 11.6 Å². The van der Waals surface area contributed by atoms with Gasteiger partial charge in [-0.1, -0.05) is 0 Å². The molecule has 28 heavy (non-hydrogen) atoms. The summed E-state index contributed by atoms with van der Waals surface area (Å²) in [5, 5.41) is 20.9. The Morgan fingerprint density at radius 2 is 1.75 bits per heavy atom. The molecule has 3 aromatic rings. The highest BCUT2D eigenvalue weighted by Gasteiger charge is 2.19. The van der Waals surface area contributed by atoms with Crippen LogP contribution in [0.2, 0.25) is 0 Å². The van der Waals surface area contributed by atoms with E-state index in [0.717, 1.165) is 18.2 Å². The third kappa shape index (κ3) is 3.54. The minimum Gasteiger partial charge on any atom is -0.507 e. The molecule has 3 N–H and O–H groups in total. The van der Waals surface area contributed by atoms with E-state index in [1.54, 1.807) is 12.1 Å². The molecule has 0 radical (unpaired) electrons. The number of aromatic hydroxyl groups is 1. The highest BCUT2D eigenvalue weighted by molar-refractivity contribution is 6.11. The molecule has 2 aromatic carbocycles. The summed E-state index contributed by atoms with van der Waals surface area (Å²) in [6.45, 7) is 0. The second kappa shape index (κ2) is 7.23. The maximum absolute atomic E-state index is 12.3. The first-order valence-electron chi connectivity index (χ1n) is 7.84. The summed E-state index contributed by atoms with van der Waals surface area (Å²) in [6.07, 6.45) is 0. The molecule has 3 rings (SSSR count). The Balaban J connectivity index is 1.89. The van der Waals surface area contributed by atoms with E-state index in [1.807, 2.05) is 5.32 Å². The third-order valence-corrected chi connectivity index (χ3v) is 3.90. The van der Waals surface area contributed by atoms with Gasteiger partial charge < -0.3 is 19.4 Å². The number of ether oxygens (including phenoxy) is 1. The summed E-state index contributed by atoms with van der Waals surface area (Å²) in [4.78, 5) is 47.7. The fourth-order valence-electron chi connectivity index (χ4n) is 2.47. The molecule has 2 amide bonds. The molecule has 0 unspecified atom stereocenters. The number of hydrogen-bond acceptors (Lipinski definition) is 7. The minimum absolute atomic E-state index is 0.182. The fourth-order valence-corrected chi connectivity index (χ4v) is 2.47. The molecular weight excluding hydrogens is 370 g/mol. The number of fused-ring (bicyclic) bond motifs is 1. The number of aromatic carboxylic acids is 1. The first-order chi connectivity index (χ1) is 13.3. The van der Waals surface area contributed by atoms with E-state index in [1.165, 1.54) is 19.2 Å². The molecule has 0 spiro atoms. The first-order valence-corrected chi connectivity index (χ1v) is 7.84. The Morgan fingerprint density at radius 3 is 2.43 bits per heavy atom. The van der Waals surface area contributed by atoms with E-state index >= 15 is 0 Å². The molecule has 0 aliphatic rings. The Kier molecular flexibility index (Phi) is 4.82. The molecule has 0 aliphatic carbocycles. The van der Waals surface area contributed by atoms with Crippen molar-refractivity contribution in [1.82, 2.24) is 5.32 Å². The number of carbonyl (C=O) groups excluding carboxylic acids is 2. The molecule has 0 bridgehead atoms. The van der Waals surface area contributed by atoms with Crippen LogP contribution in [-0.4, -0.2) is 35.1 Å². The number of carboxylic acids is 1. The van der Waals surface area contributed by atoms with Crippen molar-refractivity contribution in [2.45, 2.75) is 0 Å². The topological polar surface area (TPSA) is 143 Å². The van der Waals surface area contributed by atoms with Crippen LogP contribution in [0, 0.1) is 0 Å². The molecular formula is C19H13NO8. The molecule has 9 heteroatoms. The molecule has 0 aliphatic heterocycles. The third-order valence-electron chi connectivity index (χ3n) is 3.90. The first kappa shape index (κ1) is 18.6. The van der Waals surface area contributed by atoms with Gasteiger partial charge in [-0.05, 0) is 36.4 Å². The Morgan fingerprint density at radius 1 is 1.00 bits per heavy atom. The molecule has 1 heterocycles. The van der Waals surface area contributed by atoms with Gasteiger partial charge in [0.25, 0.3) is 11.8 Å². The number of methoxy groups -OCH3 is 1. The highest BCUT2D eigenvalue weighted by atomic mass is 16.5. The van der Waals surface area contributed by atoms with Crippen LogP contribution in [0.15, 0.2) is 51.7 Å². The average molecular weight is 383 g/mol. The lowest BCUT2D eigenvalue weighted by Gasteiger charge is -2.07. The van der Waals surface area contributed by atoms with E-state index in [0.29, 0.717) is 11.1 Å². The lowest BCUT2D eigenvalue weighted by Crippen LogP contribution is -2.33. The quantitative estimate of drug-likeness (QED) is 0.457. The molecule has 0 fully saturated rings. The number of hydrogen-bond donors (Lipinski definition) is 3. The zero-order valence-corrected chi connectivity index (χ0v) is 14.4. The number of rotatable bonds is 4. The number of carboxylic acid groups (broad SMARTS) is 1. The summed E-state index contributed by atoms with van der Waals surface area (Å²) in [6, 6.07) is 9.00. The van der Waals surface area contributed by atoms with Gasteiger partial charge in [0.1, 0.15) is 28.2 Å². The lowest BCUT2D eigenvalue weighted by atomic mass is 10.1. The monoisotopic (exact) mass is 383 g/mol. The number of phenols is 1. The second-order valence-corrected chi connectivity index (χ2v) is 5.67. The summed E-state index contributed by atoms with van der Waals surface area (Å²) < 4.78 is 10.1. The predicted octanol–water partition coefficient (Wildman–Crippen LogP) is 1.78. The van der Waals surface area contributed by atoms with Gasteiger partial charge in [-0.25, -0.2) is 9.59 Å². The fraction of sp³-hybridized carbons (Fsp3) is 0.0526. The Hall–Kier alpha value is -4.14. The zero-order chi connectivity index (χ0) is 20.4. The summed E-state index contributed by atoms with van der Waals surface area (Å²) in [5.74, 6) is -3.46. The number of benzene rings is 2. The molecule has 0 saturated heterocycles.